The molecule has 4 nitrogen and oxygen atoms in total. The molecule has 0 saturated carbocycles. The van der Waals surface area contributed by atoms with Gasteiger partial charge in [0.2, 0.25) is 5.91 Å². The molecule has 1 aromatic heterocycles. The molecule has 4 heteroatoms. The summed E-state index contributed by atoms with van der Waals surface area (Å²) in [6.07, 6.45) is 4.59. The first-order valence-electron chi connectivity index (χ1n) is 5.26. The Morgan fingerprint density at radius 3 is 2.73 bits per heavy atom. The molecule has 0 aliphatic rings. The van der Waals surface area contributed by atoms with Crippen molar-refractivity contribution < 1.29 is 4.79 Å². The Morgan fingerprint density at radius 1 is 1.47 bits per heavy atom. The third-order valence-electron chi connectivity index (χ3n) is 2.09. The lowest BCUT2D eigenvalue weighted by molar-refractivity contribution is -0.128. The van der Waals surface area contributed by atoms with E-state index in [4.69, 9.17) is 0 Å². The Morgan fingerprint density at radius 2 is 2.20 bits per heavy atom. The highest BCUT2D eigenvalue weighted by Crippen LogP contribution is 2.12. The predicted molar refractivity (Wildman–Crippen MR) is 59.3 cm³/mol. The summed E-state index contributed by atoms with van der Waals surface area (Å²) in [4.78, 5) is 11.5. The van der Waals surface area contributed by atoms with Gasteiger partial charge in [0.25, 0.3) is 0 Å². The number of aromatic nitrogens is 2. The van der Waals surface area contributed by atoms with Crippen molar-refractivity contribution in [3.63, 3.8) is 0 Å². The molecule has 0 aliphatic heterocycles. The summed E-state index contributed by atoms with van der Waals surface area (Å²) in [5.74, 6) is 0.1000. The van der Waals surface area contributed by atoms with Crippen molar-refractivity contribution in [2.24, 2.45) is 5.41 Å². The van der Waals surface area contributed by atoms with E-state index in [1.807, 2.05) is 37.7 Å². The first-order valence-corrected chi connectivity index (χ1v) is 5.26. The summed E-state index contributed by atoms with van der Waals surface area (Å²) in [5, 5.41) is 6.99. The molecular formula is C11H19N3O. The van der Waals surface area contributed by atoms with E-state index in [-0.39, 0.29) is 11.3 Å². The third-order valence-corrected chi connectivity index (χ3v) is 2.09. The molecule has 0 bridgehead atoms. The fourth-order valence-corrected chi connectivity index (χ4v) is 1.14. The van der Waals surface area contributed by atoms with Gasteiger partial charge < -0.3 is 5.32 Å². The van der Waals surface area contributed by atoms with E-state index < -0.39 is 0 Å². The normalized spacial score (nSPS) is 11.4. The van der Waals surface area contributed by atoms with Crippen molar-refractivity contribution in [1.29, 1.82) is 0 Å². The lowest BCUT2D eigenvalue weighted by Crippen LogP contribution is -2.35. The first kappa shape index (κ1) is 11.8. The smallest absolute Gasteiger partial charge is 0.225 e. The second kappa shape index (κ2) is 4.96. The predicted octanol–water partition coefficient (Wildman–Crippen LogP) is 1.44. The molecule has 0 atom stereocenters. The number of aryl methyl sites for hydroxylation is 1. The van der Waals surface area contributed by atoms with Crippen LogP contribution in [-0.2, 0) is 11.3 Å². The van der Waals surface area contributed by atoms with Gasteiger partial charge in [-0.3, -0.25) is 9.48 Å². The second-order valence-corrected chi connectivity index (χ2v) is 4.63. The van der Waals surface area contributed by atoms with Crippen LogP contribution in [0, 0.1) is 5.41 Å². The van der Waals surface area contributed by atoms with Crippen LogP contribution in [0.4, 0.5) is 0 Å². The van der Waals surface area contributed by atoms with E-state index in [1.54, 1.807) is 6.20 Å². The van der Waals surface area contributed by atoms with Gasteiger partial charge in [-0.1, -0.05) is 20.8 Å². The first-order chi connectivity index (χ1) is 7.00. The largest absolute Gasteiger partial charge is 0.356 e. The van der Waals surface area contributed by atoms with Gasteiger partial charge in [0, 0.05) is 30.9 Å². The molecule has 1 rings (SSSR count). The van der Waals surface area contributed by atoms with E-state index in [2.05, 4.69) is 10.4 Å². The summed E-state index contributed by atoms with van der Waals surface area (Å²) in [5.41, 5.74) is -0.300. The molecule has 1 aromatic rings. The number of amides is 1. The standard InChI is InChI=1S/C11H19N3O/c1-11(2,3)10(15)12-6-4-8-14-9-5-7-13-14/h5,7,9H,4,6,8H2,1-3H3,(H,12,15). The second-order valence-electron chi connectivity index (χ2n) is 4.63. The monoisotopic (exact) mass is 209 g/mol. The minimum Gasteiger partial charge on any atom is -0.356 e. The molecular weight excluding hydrogens is 190 g/mol. The van der Waals surface area contributed by atoms with E-state index >= 15 is 0 Å². The maximum absolute atomic E-state index is 11.5. The van der Waals surface area contributed by atoms with Crippen molar-refractivity contribution in [3.8, 4) is 0 Å². The molecule has 0 saturated heterocycles. The average molecular weight is 209 g/mol. The third kappa shape index (κ3) is 4.14. The van der Waals surface area contributed by atoms with Crippen molar-refractivity contribution in [2.75, 3.05) is 6.54 Å². The van der Waals surface area contributed by atoms with Gasteiger partial charge in [-0.2, -0.15) is 5.10 Å². The zero-order chi connectivity index (χ0) is 11.3. The topological polar surface area (TPSA) is 46.9 Å². The minimum atomic E-state index is -0.300. The summed E-state index contributed by atoms with van der Waals surface area (Å²) in [6, 6.07) is 1.90. The number of carbonyl (C=O) groups excluding carboxylic acids is 1. The maximum atomic E-state index is 11.5. The zero-order valence-electron chi connectivity index (χ0n) is 9.66. The highest BCUT2D eigenvalue weighted by Gasteiger charge is 2.19. The Kier molecular flexibility index (Phi) is 3.88. The van der Waals surface area contributed by atoms with Crippen LogP contribution in [0.1, 0.15) is 27.2 Å². The molecule has 1 amide bonds. The highest BCUT2D eigenvalue weighted by atomic mass is 16.2. The molecule has 84 valence electrons. The van der Waals surface area contributed by atoms with Crippen molar-refractivity contribution in [2.45, 2.75) is 33.7 Å². The SMILES string of the molecule is CC(C)(C)C(=O)NCCCn1cccn1. The number of nitrogens with zero attached hydrogens (tertiary/aromatic N) is 2. The quantitative estimate of drug-likeness (QED) is 0.763. The van der Waals surface area contributed by atoms with Crippen LogP contribution in [0.3, 0.4) is 0 Å². The Hall–Kier alpha value is -1.32. The fraction of sp³-hybridized carbons (Fsp3) is 0.636. The van der Waals surface area contributed by atoms with E-state index in [1.165, 1.54) is 0 Å². The number of hydrogen-bond acceptors (Lipinski definition) is 2. The molecule has 0 unspecified atom stereocenters. The van der Waals surface area contributed by atoms with Crippen LogP contribution in [-0.4, -0.2) is 22.2 Å². The zero-order valence-corrected chi connectivity index (χ0v) is 9.66. The van der Waals surface area contributed by atoms with Gasteiger partial charge in [-0.05, 0) is 12.5 Å². The molecule has 0 aromatic carbocycles. The number of hydrogen-bond donors (Lipinski definition) is 1. The molecule has 1 heterocycles. The van der Waals surface area contributed by atoms with E-state index in [9.17, 15) is 4.79 Å². The maximum Gasteiger partial charge on any atom is 0.225 e. The minimum absolute atomic E-state index is 0.1000. The van der Waals surface area contributed by atoms with Gasteiger partial charge in [0.05, 0.1) is 0 Å². The number of rotatable bonds is 4. The molecule has 0 aliphatic carbocycles. The van der Waals surface area contributed by atoms with Gasteiger partial charge in [-0.25, -0.2) is 0 Å². The van der Waals surface area contributed by atoms with Crippen LogP contribution in [0.5, 0.6) is 0 Å². The van der Waals surface area contributed by atoms with Crippen LogP contribution in [0.2, 0.25) is 0 Å². The van der Waals surface area contributed by atoms with Gasteiger partial charge >= 0.3 is 0 Å². The van der Waals surface area contributed by atoms with Crippen molar-refractivity contribution >= 4 is 5.91 Å². The number of nitrogens with one attached hydrogen (secondary N) is 1. The van der Waals surface area contributed by atoms with Crippen LogP contribution in [0.25, 0.3) is 0 Å². The molecule has 0 fully saturated rings. The van der Waals surface area contributed by atoms with Crippen molar-refractivity contribution in [1.82, 2.24) is 15.1 Å². The van der Waals surface area contributed by atoms with Gasteiger partial charge in [0.15, 0.2) is 0 Å². The fourth-order valence-electron chi connectivity index (χ4n) is 1.14. The van der Waals surface area contributed by atoms with Crippen LogP contribution in [0.15, 0.2) is 18.5 Å². The molecule has 0 radical (unpaired) electrons. The van der Waals surface area contributed by atoms with E-state index in [0.29, 0.717) is 6.54 Å². The Balaban J connectivity index is 2.15. The molecule has 0 spiro atoms. The lowest BCUT2D eigenvalue weighted by Gasteiger charge is -2.17. The molecule has 1 N–H and O–H groups in total. The Bertz CT molecular complexity index is 298. The van der Waals surface area contributed by atoms with Crippen molar-refractivity contribution in [3.05, 3.63) is 18.5 Å². The van der Waals surface area contributed by atoms with Crippen LogP contribution >= 0.6 is 0 Å². The summed E-state index contributed by atoms with van der Waals surface area (Å²) in [7, 11) is 0. The Labute approximate surface area is 90.7 Å². The number of carbonyl (C=O) groups is 1. The summed E-state index contributed by atoms with van der Waals surface area (Å²) in [6.45, 7) is 7.29. The molecule has 15 heavy (non-hydrogen) atoms. The summed E-state index contributed by atoms with van der Waals surface area (Å²) < 4.78 is 1.86. The van der Waals surface area contributed by atoms with Gasteiger partial charge in [0.1, 0.15) is 0 Å². The van der Waals surface area contributed by atoms with E-state index in [0.717, 1.165) is 13.0 Å². The van der Waals surface area contributed by atoms with Crippen LogP contribution < -0.4 is 5.32 Å². The average Bonchev–Trinajstić information content (AvgIpc) is 2.63. The lowest BCUT2D eigenvalue weighted by atomic mass is 9.96. The van der Waals surface area contributed by atoms with Gasteiger partial charge in [-0.15, -0.1) is 0 Å². The summed E-state index contributed by atoms with van der Waals surface area (Å²) >= 11 is 0. The highest BCUT2D eigenvalue weighted by molar-refractivity contribution is 5.81.